The van der Waals surface area contributed by atoms with Crippen LogP contribution in [0.25, 0.3) is 5.69 Å². The van der Waals surface area contributed by atoms with Gasteiger partial charge in [-0.15, -0.1) is 0 Å². The Morgan fingerprint density at radius 3 is 2.14 bits per heavy atom. The Hall–Kier alpha value is -5.02. The maximum Gasteiger partial charge on any atom is 0.215 e. The van der Waals surface area contributed by atoms with E-state index in [9.17, 15) is 0 Å². The van der Waals surface area contributed by atoms with Gasteiger partial charge in [0.25, 0.3) is 0 Å². The van der Waals surface area contributed by atoms with Crippen LogP contribution in [-0.4, -0.2) is 55.2 Å². The van der Waals surface area contributed by atoms with Crippen molar-refractivity contribution >= 4 is 5.69 Å². The summed E-state index contributed by atoms with van der Waals surface area (Å²) < 4.78 is 30.1. The zero-order valence-electron chi connectivity index (χ0n) is 24.5. The van der Waals surface area contributed by atoms with Crippen LogP contribution in [0.4, 0.5) is 5.69 Å². The lowest BCUT2D eigenvalue weighted by Gasteiger charge is -2.26. The first-order valence-corrected chi connectivity index (χ1v) is 14.1. The Bertz CT molecular complexity index is 1560. The topological polar surface area (TPSA) is 80.1 Å². The summed E-state index contributed by atoms with van der Waals surface area (Å²) in [4.78, 5) is 10.9. The number of rotatable bonds is 16. The lowest BCUT2D eigenvalue weighted by atomic mass is 10.1. The largest absolute Gasteiger partial charge is 0.497 e. The Morgan fingerprint density at radius 1 is 0.674 bits per heavy atom. The summed E-state index contributed by atoms with van der Waals surface area (Å²) >= 11 is 0. The number of hydrogen-bond acceptors (Lipinski definition) is 8. The van der Waals surface area contributed by atoms with Gasteiger partial charge in [0, 0.05) is 55.2 Å². The summed E-state index contributed by atoms with van der Waals surface area (Å²) in [7, 11) is 3.32. The second kappa shape index (κ2) is 15.3. The van der Waals surface area contributed by atoms with Crippen molar-refractivity contribution in [2.45, 2.75) is 13.1 Å². The van der Waals surface area contributed by atoms with Crippen molar-refractivity contribution in [3.8, 4) is 28.8 Å². The summed E-state index contributed by atoms with van der Waals surface area (Å²) in [5.41, 5.74) is 4.35. The second-order valence-electron chi connectivity index (χ2n) is 9.69. The summed E-state index contributed by atoms with van der Waals surface area (Å²) in [6.45, 7) is 3.02. The number of methoxy groups -OCH3 is 2. The van der Waals surface area contributed by atoms with Crippen LogP contribution in [-0.2, 0) is 17.8 Å². The Balaban J connectivity index is 1.20. The number of hydrogen-bond donors (Lipinski definition) is 0. The summed E-state index contributed by atoms with van der Waals surface area (Å²) in [5, 5.41) is 0. The molecule has 2 heterocycles. The number of benzene rings is 3. The Morgan fingerprint density at radius 2 is 1.37 bits per heavy atom. The lowest BCUT2D eigenvalue weighted by molar-refractivity contribution is 0.0753. The number of pyridine rings is 1. The zero-order chi connectivity index (χ0) is 29.7. The minimum atomic E-state index is 0.373. The van der Waals surface area contributed by atoms with E-state index in [1.807, 2.05) is 59.3 Å². The average Bonchev–Trinajstić information content (AvgIpc) is 3.60. The molecular formula is C34H36N4O5. The lowest BCUT2D eigenvalue weighted by Crippen LogP contribution is -2.22. The first-order valence-electron chi connectivity index (χ1n) is 14.1. The summed E-state index contributed by atoms with van der Waals surface area (Å²) in [6, 6.07) is 28.0. The van der Waals surface area contributed by atoms with Crippen LogP contribution in [0.5, 0.6) is 23.1 Å². The maximum absolute atomic E-state index is 5.95. The molecule has 2 aromatic heterocycles. The molecule has 0 aliphatic rings. The van der Waals surface area contributed by atoms with Crippen LogP contribution in [0.3, 0.4) is 0 Å². The van der Waals surface area contributed by atoms with Crippen molar-refractivity contribution in [2.24, 2.45) is 0 Å². The van der Waals surface area contributed by atoms with Gasteiger partial charge in [0.2, 0.25) is 5.88 Å². The highest BCUT2D eigenvalue weighted by molar-refractivity contribution is 5.50. The molecule has 9 heteroatoms. The molecule has 3 aromatic carbocycles. The molecular weight excluding hydrogens is 544 g/mol. The maximum atomic E-state index is 5.95. The van der Waals surface area contributed by atoms with E-state index in [-0.39, 0.29) is 0 Å². The molecule has 222 valence electrons. The van der Waals surface area contributed by atoms with Crippen LogP contribution in [0.1, 0.15) is 11.1 Å². The highest BCUT2D eigenvalue weighted by Gasteiger charge is 2.12. The van der Waals surface area contributed by atoms with Gasteiger partial charge in [0.15, 0.2) is 0 Å². The third-order valence-corrected chi connectivity index (χ3v) is 6.69. The number of aromatic nitrogens is 3. The standard InChI is InChI=1S/C34H36N4O5/c1-39-31-9-4-7-28(21-31)25-38(24-27-6-3-8-29(20-27)37-15-14-35-26-37)30-12-13-36-34(22-30)43-19-17-41-16-18-42-33-11-5-10-32(23-33)40-2/h3-15,20-23,26H,16-19,24-25H2,1-2H3. The minimum Gasteiger partial charge on any atom is -0.497 e. The monoisotopic (exact) mass is 580 g/mol. The van der Waals surface area contributed by atoms with Crippen LogP contribution in [0, 0.1) is 0 Å². The van der Waals surface area contributed by atoms with Gasteiger partial charge in [-0.25, -0.2) is 9.97 Å². The first kappa shape index (κ1) is 29.5. The molecule has 0 aliphatic carbocycles. The first-order chi connectivity index (χ1) is 21.2. The molecule has 5 rings (SSSR count). The fraction of sp³-hybridized carbons (Fsp3) is 0.235. The van der Waals surface area contributed by atoms with Crippen LogP contribution in [0.2, 0.25) is 0 Å². The Kier molecular flexibility index (Phi) is 10.5. The molecule has 0 saturated heterocycles. The van der Waals surface area contributed by atoms with Crippen molar-refractivity contribution in [3.05, 3.63) is 121 Å². The van der Waals surface area contributed by atoms with Crippen LogP contribution < -0.4 is 23.8 Å². The highest BCUT2D eigenvalue weighted by Crippen LogP contribution is 2.25. The molecule has 0 saturated carbocycles. The van der Waals surface area contributed by atoms with E-state index >= 15 is 0 Å². The highest BCUT2D eigenvalue weighted by atomic mass is 16.5. The average molecular weight is 581 g/mol. The van der Waals surface area contributed by atoms with Gasteiger partial charge in [-0.1, -0.05) is 30.3 Å². The van der Waals surface area contributed by atoms with Crippen LogP contribution >= 0.6 is 0 Å². The van der Waals surface area contributed by atoms with E-state index in [4.69, 9.17) is 23.7 Å². The summed E-state index contributed by atoms with van der Waals surface area (Å²) in [6.07, 6.45) is 7.30. The van der Waals surface area contributed by atoms with Gasteiger partial charge in [-0.3, -0.25) is 0 Å². The third-order valence-electron chi connectivity index (χ3n) is 6.69. The number of anilines is 1. The second-order valence-corrected chi connectivity index (χ2v) is 9.69. The molecule has 0 spiro atoms. The fourth-order valence-electron chi connectivity index (χ4n) is 4.57. The molecule has 0 bridgehead atoms. The molecule has 0 unspecified atom stereocenters. The fourth-order valence-corrected chi connectivity index (χ4v) is 4.57. The Labute approximate surface area is 252 Å². The molecule has 0 atom stereocenters. The van der Waals surface area contributed by atoms with Gasteiger partial charge in [0.05, 0.1) is 33.8 Å². The van der Waals surface area contributed by atoms with Gasteiger partial charge < -0.3 is 33.2 Å². The molecule has 9 nitrogen and oxygen atoms in total. The van der Waals surface area contributed by atoms with E-state index in [1.54, 1.807) is 32.9 Å². The number of imidazole rings is 1. The minimum absolute atomic E-state index is 0.373. The van der Waals surface area contributed by atoms with E-state index in [0.29, 0.717) is 45.4 Å². The molecule has 0 amide bonds. The molecule has 0 aliphatic heterocycles. The number of nitrogens with zero attached hydrogens (tertiary/aromatic N) is 4. The molecule has 0 N–H and O–H groups in total. The summed E-state index contributed by atoms with van der Waals surface area (Å²) in [5.74, 6) is 2.86. The predicted molar refractivity (Wildman–Crippen MR) is 165 cm³/mol. The third kappa shape index (κ3) is 8.73. The van der Waals surface area contributed by atoms with Crippen molar-refractivity contribution in [1.29, 1.82) is 0 Å². The quantitative estimate of drug-likeness (QED) is 0.132. The SMILES string of the molecule is COc1cccc(CN(Cc2cccc(-n3ccnc3)c2)c2ccnc(OCCOCCOc3cccc(OC)c3)c2)c1. The van der Waals surface area contributed by atoms with E-state index in [2.05, 4.69) is 51.3 Å². The van der Waals surface area contributed by atoms with Crippen molar-refractivity contribution in [1.82, 2.24) is 14.5 Å². The van der Waals surface area contributed by atoms with E-state index < -0.39 is 0 Å². The van der Waals surface area contributed by atoms with Crippen molar-refractivity contribution in [2.75, 3.05) is 45.5 Å². The van der Waals surface area contributed by atoms with Gasteiger partial charge >= 0.3 is 0 Å². The normalized spacial score (nSPS) is 10.7. The number of ether oxygens (including phenoxy) is 5. The van der Waals surface area contributed by atoms with E-state index in [0.717, 1.165) is 39.8 Å². The van der Waals surface area contributed by atoms with Gasteiger partial charge in [-0.2, -0.15) is 0 Å². The van der Waals surface area contributed by atoms with Gasteiger partial charge in [0.1, 0.15) is 30.5 Å². The molecule has 5 aromatic rings. The van der Waals surface area contributed by atoms with Gasteiger partial charge in [-0.05, 0) is 53.6 Å². The molecule has 43 heavy (non-hydrogen) atoms. The van der Waals surface area contributed by atoms with Crippen molar-refractivity contribution in [3.63, 3.8) is 0 Å². The predicted octanol–water partition coefficient (Wildman–Crippen LogP) is 5.97. The smallest absolute Gasteiger partial charge is 0.215 e. The van der Waals surface area contributed by atoms with Crippen molar-refractivity contribution < 1.29 is 23.7 Å². The molecule has 0 radical (unpaired) electrons. The molecule has 0 fully saturated rings. The zero-order valence-corrected chi connectivity index (χ0v) is 24.5. The van der Waals surface area contributed by atoms with E-state index in [1.165, 1.54) is 0 Å². The van der Waals surface area contributed by atoms with Crippen LogP contribution in [0.15, 0.2) is 110 Å².